The molecule has 1 amide bonds. The lowest BCUT2D eigenvalue weighted by Crippen LogP contribution is -2.20. The summed E-state index contributed by atoms with van der Waals surface area (Å²) < 4.78 is 5.36. The number of nitrogens with two attached hydrogens (primary N) is 1. The van der Waals surface area contributed by atoms with Gasteiger partial charge in [0.2, 0.25) is 11.8 Å². The molecule has 0 saturated heterocycles. The number of carbonyl (C=O) groups excluding carboxylic acids is 1. The summed E-state index contributed by atoms with van der Waals surface area (Å²) in [6, 6.07) is 9.21. The van der Waals surface area contributed by atoms with Gasteiger partial charge in [-0.15, -0.1) is 0 Å². The van der Waals surface area contributed by atoms with E-state index >= 15 is 0 Å². The maximum Gasteiger partial charge on any atom is 0.231 e. The highest BCUT2D eigenvalue weighted by atomic mass is 16.4. The molecule has 0 saturated carbocycles. The van der Waals surface area contributed by atoms with Crippen molar-refractivity contribution in [3.05, 3.63) is 35.4 Å². The Morgan fingerprint density at radius 2 is 2.21 bits per heavy atom. The number of carbonyl (C=O) groups is 1. The molecule has 0 radical (unpaired) electrons. The minimum absolute atomic E-state index is 0.0730. The average molecular weight is 253 g/mol. The quantitative estimate of drug-likeness (QED) is 0.841. The van der Waals surface area contributed by atoms with Gasteiger partial charge in [0.05, 0.1) is 6.42 Å². The zero-order valence-electron chi connectivity index (χ0n) is 10.3. The van der Waals surface area contributed by atoms with Crippen LogP contribution in [0.3, 0.4) is 0 Å². The van der Waals surface area contributed by atoms with Crippen LogP contribution in [0.1, 0.15) is 11.1 Å². The second-order valence-electron chi connectivity index (χ2n) is 4.47. The molecule has 0 atom stereocenters. The molecule has 5 heteroatoms. The van der Waals surface area contributed by atoms with Gasteiger partial charge >= 0.3 is 0 Å². The molecule has 0 spiro atoms. The molecule has 1 aromatic heterocycles. The number of hydrogen-bond acceptors (Lipinski definition) is 4. The predicted molar refractivity (Wildman–Crippen MR) is 70.4 cm³/mol. The first-order valence-corrected chi connectivity index (χ1v) is 5.79. The number of furan rings is 1. The van der Waals surface area contributed by atoms with Crippen molar-refractivity contribution in [2.24, 2.45) is 0 Å². The van der Waals surface area contributed by atoms with Crippen LogP contribution in [0.4, 0.5) is 11.6 Å². The molecule has 2 heterocycles. The Labute approximate surface area is 109 Å². The van der Waals surface area contributed by atoms with E-state index in [4.69, 9.17) is 15.4 Å². The number of amides is 1. The molecule has 0 fully saturated rings. The summed E-state index contributed by atoms with van der Waals surface area (Å²) in [4.78, 5) is 13.3. The highest BCUT2D eigenvalue weighted by molar-refractivity contribution is 6.01. The van der Waals surface area contributed by atoms with Crippen LogP contribution >= 0.6 is 0 Å². The minimum atomic E-state index is 0.0730. The molecule has 5 nitrogen and oxygen atoms in total. The second kappa shape index (κ2) is 3.89. The number of hydrogen-bond donors (Lipinski definition) is 1. The Morgan fingerprint density at radius 3 is 2.89 bits per heavy atom. The van der Waals surface area contributed by atoms with Crippen LogP contribution in [-0.2, 0) is 11.2 Å². The first-order valence-electron chi connectivity index (χ1n) is 5.79. The Balaban J connectivity index is 2.06. The summed E-state index contributed by atoms with van der Waals surface area (Å²) in [5.74, 6) is 0.730. The highest BCUT2D eigenvalue weighted by Crippen LogP contribution is 2.33. The van der Waals surface area contributed by atoms with Crippen molar-refractivity contribution in [2.45, 2.75) is 6.42 Å². The third-order valence-corrected chi connectivity index (χ3v) is 3.32. The smallest absolute Gasteiger partial charge is 0.231 e. The molecular formula is C14H11N3O2. The van der Waals surface area contributed by atoms with Crippen LogP contribution in [0, 0.1) is 11.3 Å². The number of nitrogen functional groups attached to an aromatic ring is 1. The molecule has 1 aliphatic rings. The molecule has 0 unspecified atom stereocenters. The molecule has 0 aliphatic carbocycles. The molecule has 1 aromatic carbocycles. The third-order valence-electron chi connectivity index (χ3n) is 3.32. The number of benzene rings is 1. The van der Waals surface area contributed by atoms with Crippen LogP contribution in [0.5, 0.6) is 0 Å². The fourth-order valence-electron chi connectivity index (χ4n) is 2.26. The van der Waals surface area contributed by atoms with Gasteiger partial charge in [-0.1, -0.05) is 0 Å². The zero-order chi connectivity index (χ0) is 13.6. The lowest BCUT2D eigenvalue weighted by molar-refractivity contribution is -0.117. The predicted octanol–water partition coefficient (Wildman–Crippen LogP) is 1.92. The summed E-state index contributed by atoms with van der Waals surface area (Å²) in [5.41, 5.74) is 8.60. The molecule has 94 valence electrons. The van der Waals surface area contributed by atoms with E-state index in [1.165, 1.54) is 0 Å². The zero-order valence-corrected chi connectivity index (χ0v) is 10.3. The van der Waals surface area contributed by atoms with Gasteiger partial charge in [-0.25, -0.2) is 0 Å². The molecular weight excluding hydrogens is 242 g/mol. The van der Waals surface area contributed by atoms with Gasteiger partial charge < -0.3 is 15.1 Å². The van der Waals surface area contributed by atoms with Crippen molar-refractivity contribution < 1.29 is 9.21 Å². The van der Waals surface area contributed by atoms with E-state index < -0.39 is 0 Å². The van der Waals surface area contributed by atoms with Crippen molar-refractivity contribution in [2.75, 3.05) is 17.7 Å². The van der Waals surface area contributed by atoms with Gasteiger partial charge in [-0.05, 0) is 23.8 Å². The van der Waals surface area contributed by atoms with E-state index in [9.17, 15) is 4.79 Å². The van der Waals surface area contributed by atoms with Crippen LogP contribution in [0.15, 0.2) is 28.7 Å². The minimum Gasteiger partial charge on any atom is -0.440 e. The Hall–Kier alpha value is -2.74. The number of nitriles is 1. The molecule has 2 N–H and O–H groups in total. The summed E-state index contributed by atoms with van der Waals surface area (Å²) in [5, 5.41) is 8.86. The van der Waals surface area contributed by atoms with Gasteiger partial charge in [0, 0.05) is 24.4 Å². The number of likely N-dealkylation sites (N-methyl/N-ethyl adjacent to an activating group) is 1. The monoisotopic (exact) mass is 253 g/mol. The maximum atomic E-state index is 11.6. The van der Waals surface area contributed by atoms with Crippen molar-refractivity contribution in [1.82, 2.24) is 0 Å². The second-order valence-corrected chi connectivity index (χ2v) is 4.47. The van der Waals surface area contributed by atoms with E-state index in [1.54, 1.807) is 18.0 Å². The molecule has 19 heavy (non-hydrogen) atoms. The largest absolute Gasteiger partial charge is 0.440 e. The van der Waals surface area contributed by atoms with E-state index in [-0.39, 0.29) is 11.8 Å². The van der Waals surface area contributed by atoms with Crippen LogP contribution in [-0.4, -0.2) is 13.0 Å². The normalized spacial score (nSPS) is 13.5. The van der Waals surface area contributed by atoms with E-state index in [2.05, 4.69) is 0 Å². The molecule has 3 rings (SSSR count). The highest BCUT2D eigenvalue weighted by Gasteiger charge is 2.24. The van der Waals surface area contributed by atoms with Crippen LogP contribution < -0.4 is 10.6 Å². The fourth-order valence-corrected chi connectivity index (χ4v) is 2.26. The topological polar surface area (TPSA) is 83.3 Å². The maximum absolute atomic E-state index is 11.6. The third kappa shape index (κ3) is 1.66. The van der Waals surface area contributed by atoms with Gasteiger partial charge in [0.25, 0.3) is 0 Å². The SMILES string of the molecule is CN1C(=O)Cc2cc(-c3cc(C#N)c(N)o3)ccc21. The van der Waals surface area contributed by atoms with Crippen LogP contribution in [0.2, 0.25) is 0 Å². The van der Waals surface area contributed by atoms with Gasteiger partial charge in [-0.2, -0.15) is 5.26 Å². The van der Waals surface area contributed by atoms with Gasteiger partial charge in [-0.3, -0.25) is 4.79 Å². The summed E-state index contributed by atoms with van der Waals surface area (Å²) in [6.07, 6.45) is 0.390. The van der Waals surface area contributed by atoms with E-state index in [0.29, 0.717) is 17.7 Å². The number of nitrogens with zero attached hydrogens (tertiary/aromatic N) is 2. The Morgan fingerprint density at radius 1 is 1.42 bits per heavy atom. The lowest BCUT2D eigenvalue weighted by Gasteiger charge is -2.09. The average Bonchev–Trinajstić information content (AvgIpc) is 2.91. The summed E-state index contributed by atoms with van der Waals surface area (Å²) in [6.45, 7) is 0. The molecule has 2 aromatic rings. The number of anilines is 2. The Kier molecular flexibility index (Phi) is 2.32. The first kappa shape index (κ1) is 11.4. The van der Waals surface area contributed by atoms with Crippen molar-refractivity contribution in [3.63, 3.8) is 0 Å². The molecule has 0 bridgehead atoms. The van der Waals surface area contributed by atoms with Crippen molar-refractivity contribution >= 4 is 17.5 Å². The first-order chi connectivity index (χ1) is 9.10. The molecule has 1 aliphatic heterocycles. The lowest BCUT2D eigenvalue weighted by atomic mass is 10.1. The van der Waals surface area contributed by atoms with Gasteiger partial charge in [0.1, 0.15) is 17.4 Å². The number of fused-ring (bicyclic) bond motifs is 1. The standard InChI is InChI=1S/C14H11N3O2/c1-17-11-3-2-8(4-9(11)6-13(17)18)12-5-10(7-15)14(16)19-12/h2-5H,6,16H2,1H3. The summed E-state index contributed by atoms with van der Waals surface area (Å²) >= 11 is 0. The van der Waals surface area contributed by atoms with Gasteiger partial charge in [0.15, 0.2) is 0 Å². The van der Waals surface area contributed by atoms with Crippen molar-refractivity contribution in [1.29, 1.82) is 5.26 Å². The van der Waals surface area contributed by atoms with Crippen molar-refractivity contribution in [3.8, 4) is 17.4 Å². The Bertz CT molecular complexity index is 725. The van der Waals surface area contributed by atoms with E-state index in [1.807, 2.05) is 24.3 Å². The summed E-state index contributed by atoms with van der Waals surface area (Å²) in [7, 11) is 1.76. The number of rotatable bonds is 1. The fraction of sp³-hybridized carbons (Fsp3) is 0.143. The van der Waals surface area contributed by atoms with Crippen LogP contribution in [0.25, 0.3) is 11.3 Å². The van der Waals surface area contributed by atoms with E-state index in [0.717, 1.165) is 16.8 Å².